The number of carbonyl (C=O) groups is 1. The molecule has 124 valence electrons. The van der Waals surface area contributed by atoms with E-state index in [-0.39, 0.29) is 23.3 Å². The predicted molar refractivity (Wildman–Crippen MR) is 88.9 cm³/mol. The highest BCUT2D eigenvalue weighted by Gasteiger charge is 2.12. The zero-order valence-electron chi connectivity index (χ0n) is 12.6. The molecule has 1 aromatic carbocycles. The van der Waals surface area contributed by atoms with Crippen molar-refractivity contribution in [2.45, 2.75) is 24.1 Å². The summed E-state index contributed by atoms with van der Waals surface area (Å²) in [6.07, 6.45) is 0.823. The van der Waals surface area contributed by atoms with Crippen LogP contribution in [0.5, 0.6) is 5.75 Å². The lowest BCUT2D eigenvalue weighted by molar-refractivity contribution is -0.123. The van der Waals surface area contributed by atoms with E-state index < -0.39 is 10.0 Å². The Labute approximate surface area is 139 Å². The molecule has 0 aliphatic heterocycles. The fraction of sp³-hybridized carbons (Fsp3) is 0.267. The molecule has 0 saturated carbocycles. The number of benzene rings is 1. The molecular formula is C15H18N2O4S2. The van der Waals surface area contributed by atoms with E-state index in [1.54, 1.807) is 6.07 Å². The van der Waals surface area contributed by atoms with Gasteiger partial charge in [0.1, 0.15) is 9.96 Å². The summed E-state index contributed by atoms with van der Waals surface area (Å²) in [6, 6.07) is 10.6. The fourth-order valence-corrected chi connectivity index (χ4v) is 3.64. The lowest BCUT2D eigenvalue weighted by Crippen LogP contribution is -2.28. The maximum absolute atomic E-state index is 11.8. The van der Waals surface area contributed by atoms with Gasteiger partial charge < -0.3 is 10.1 Å². The Morgan fingerprint density at radius 2 is 2.00 bits per heavy atom. The van der Waals surface area contributed by atoms with Gasteiger partial charge in [-0.05, 0) is 30.2 Å². The van der Waals surface area contributed by atoms with Crippen LogP contribution in [0.15, 0.2) is 40.6 Å². The molecule has 0 unspecified atom stereocenters. The van der Waals surface area contributed by atoms with Gasteiger partial charge in [0, 0.05) is 4.88 Å². The number of para-hydroxylation sites is 1. The van der Waals surface area contributed by atoms with Gasteiger partial charge in [0.25, 0.3) is 5.91 Å². The molecule has 0 saturated heterocycles. The summed E-state index contributed by atoms with van der Waals surface area (Å²) in [5, 5.41) is 7.72. The van der Waals surface area contributed by atoms with Gasteiger partial charge >= 0.3 is 0 Å². The number of primary sulfonamides is 1. The predicted octanol–water partition coefficient (Wildman–Crippen LogP) is 1.65. The third kappa shape index (κ3) is 5.05. The minimum atomic E-state index is -3.69. The van der Waals surface area contributed by atoms with Gasteiger partial charge in [-0.3, -0.25) is 4.79 Å². The van der Waals surface area contributed by atoms with Crippen LogP contribution in [0.2, 0.25) is 0 Å². The van der Waals surface area contributed by atoms with E-state index >= 15 is 0 Å². The number of ether oxygens (including phenoxy) is 1. The van der Waals surface area contributed by atoms with Gasteiger partial charge in [0.05, 0.1) is 6.54 Å². The number of rotatable bonds is 7. The van der Waals surface area contributed by atoms with Crippen LogP contribution in [0, 0.1) is 0 Å². The number of amides is 1. The second-order valence-electron chi connectivity index (χ2n) is 4.79. The summed E-state index contributed by atoms with van der Waals surface area (Å²) < 4.78 is 28.0. The van der Waals surface area contributed by atoms with Crippen LogP contribution < -0.4 is 15.2 Å². The van der Waals surface area contributed by atoms with Crippen LogP contribution in [0.25, 0.3) is 0 Å². The first-order valence-electron chi connectivity index (χ1n) is 6.99. The number of hydrogen-bond acceptors (Lipinski definition) is 5. The number of nitrogens with one attached hydrogen (secondary N) is 1. The molecule has 0 bridgehead atoms. The summed E-state index contributed by atoms with van der Waals surface area (Å²) in [5.41, 5.74) is 1.04. The van der Waals surface area contributed by atoms with Crippen molar-refractivity contribution < 1.29 is 17.9 Å². The van der Waals surface area contributed by atoms with E-state index in [0.717, 1.165) is 23.3 Å². The molecule has 0 atom stereocenters. The number of aryl methyl sites for hydroxylation is 1. The molecule has 8 heteroatoms. The largest absolute Gasteiger partial charge is 0.483 e. The van der Waals surface area contributed by atoms with Crippen LogP contribution in [0.3, 0.4) is 0 Å². The molecule has 0 radical (unpaired) electrons. The maximum Gasteiger partial charge on any atom is 0.258 e. The van der Waals surface area contributed by atoms with E-state index in [1.807, 2.05) is 31.2 Å². The molecule has 2 rings (SSSR count). The number of thiophene rings is 1. The standard InChI is InChI=1S/C15H18N2O4S2/c1-2-11-5-3-4-6-13(11)21-10-14(18)17-9-12-7-8-15(22-12)23(16,19)20/h3-8H,2,9-10H2,1H3,(H,17,18)(H2,16,19,20). The van der Waals surface area contributed by atoms with E-state index in [9.17, 15) is 13.2 Å². The lowest BCUT2D eigenvalue weighted by atomic mass is 10.1. The van der Waals surface area contributed by atoms with Gasteiger partial charge in [-0.15, -0.1) is 11.3 Å². The zero-order chi connectivity index (χ0) is 16.9. The molecule has 1 aromatic heterocycles. The molecule has 3 N–H and O–H groups in total. The third-order valence-electron chi connectivity index (χ3n) is 3.09. The van der Waals surface area contributed by atoms with Crippen LogP contribution >= 0.6 is 11.3 Å². The highest BCUT2D eigenvalue weighted by atomic mass is 32.2. The zero-order valence-corrected chi connectivity index (χ0v) is 14.2. The van der Waals surface area contributed by atoms with Gasteiger partial charge in [-0.1, -0.05) is 25.1 Å². The van der Waals surface area contributed by atoms with Crippen molar-refractivity contribution in [2.75, 3.05) is 6.61 Å². The number of nitrogens with two attached hydrogens (primary N) is 1. The van der Waals surface area contributed by atoms with Crippen LogP contribution in [0.4, 0.5) is 0 Å². The smallest absolute Gasteiger partial charge is 0.258 e. The summed E-state index contributed by atoms with van der Waals surface area (Å²) in [6.45, 7) is 2.16. The van der Waals surface area contributed by atoms with Gasteiger partial charge in [-0.25, -0.2) is 13.6 Å². The van der Waals surface area contributed by atoms with Crippen molar-refractivity contribution >= 4 is 27.3 Å². The van der Waals surface area contributed by atoms with E-state index in [2.05, 4.69) is 5.32 Å². The summed E-state index contributed by atoms with van der Waals surface area (Å²) >= 11 is 1.03. The first kappa shape index (κ1) is 17.5. The maximum atomic E-state index is 11.8. The van der Waals surface area contributed by atoms with E-state index in [4.69, 9.17) is 9.88 Å². The Morgan fingerprint density at radius 3 is 2.65 bits per heavy atom. The van der Waals surface area contributed by atoms with Gasteiger partial charge in [0.15, 0.2) is 6.61 Å². The topological polar surface area (TPSA) is 98.5 Å². The Hall–Kier alpha value is -1.90. The van der Waals surface area contributed by atoms with E-state index in [0.29, 0.717) is 10.6 Å². The minimum Gasteiger partial charge on any atom is -0.483 e. The van der Waals surface area contributed by atoms with Crippen molar-refractivity contribution in [3.05, 3.63) is 46.8 Å². The molecule has 0 aliphatic rings. The molecule has 1 heterocycles. The first-order chi connectivity index (χ1) is 10.9. The monoisotopic (exact) mass is 354 g/mol. The molecule has 6 nitrogen and oxygen atoms in total. The Bertz CT molecular complexity index is 784. The fourth-order valence-electron chi connectivity index (χ4n) is 1.92. The molecule has 0 fully saturated rings. The van der Waals surface area contributed by atoms with Crippen molar-refractivity contribution in [1.82, 2.24) is 5.32 Å². The highest BCUT2D eigenvalue weighted by Crippen LogP contribution is 2.20. The molecule has 1 amide bonds. The molecule has 0 spiro atoms. The van der Waals surface area contributed by atoms with Crippen molar-refractivity contribution in [2.24, 2.45) is 5.14 Å². The minimum absolute atomic E-state index is 0.0786. The van der Waals surface area contributed by atoms with Crippen LogP contribution in [0.1, 0.15) is 17.4 Å². The van der Waals surface area contributed by atoms with Crippen molar-refractivity contribution in [1.29, 1.82) is 0 Å². The average Bonchev–Trinajstić information content (AvgIpc) is 3.00. The average molecular weight is 354 g/mol. The SMILES string of the molecule is CCc1ccccc1OCC(=O)NCc1ccc(S(N)(=O)=O)s1. The molecule has 0 aliphatic carbocycles. The van der Waals surface area contributed by atoms with Crippen molar-refractivity contribution in [3.63, 3.8) is 0 Å². The van der Waals surface area contributed by atoms with Crippen molar-refractivity contribution in [3.8, 4) is 5.75 Å². The Morgan fingerprint density at radius 1 is 1.26 bits per heavy atom. The number of sulfonamides is 1. The van der Waals surface area contributed by atoms with E-state index in [1.165, 1.54) is 6.07 Å². The quantitative estimate of drug-likeness (QED) is 0.790. The first-order valence-corrected chi connectivity index (χ1v) is 9.35. The Balaban J connectivity index is 1.85. The molecule has 2 aromatic rings. The summed E-state index contributed by atoms with van der Waals surface area (Å²) in [5.74, 6) is 0.416. The highest BCUT2D eigenvalue weighted by molar-refractivity contribution is 7.91. The number of hydrogen-bond donors (Lipinski definition) is 2. The number of carbonyl (C=O) groups excluding carboxylic acids is 1. The Kier molecular flexibility index (Phi) is 5.75. The molecular weight excluding hydrogens is 336 g/mol. The lowest BCUT2D eigenvalue weighted by Gasteiger charge is -2.10. The molecule has 23 heavy (non-hydrogen) atoms. The van der Waals surface area contributed by atoms with Crippen LogP contribution in [-0.2, 0) is 27.8 Å². The second-order valence-corrected chi connectivity index (χ2v) is 7.75. The summed E-state index contributed by atoms with van der Waals surface area (Å²) in [4.78, 5) is 12.5. The van der Waals surface area contributed by atoms with Gasteiger partial charge in [0.2, 0.25) is 10.0 Å². The summed E-state index contributed by atoms with van der Waals surface area (Å²) in [7, 11) is -3.69. The third-order valence-corrected chi connectivity index (χ3v) is 5.61. The van der Waals surface area contributed by atoms with Crippen LogP contribution in [-0.4, -0.2) is 20.9 Å². The second kappa shape index (κ2) is 7.58. The van der Waals surface area contributed by atoms with Gasteiger partial charge in [-0.2, -0.15) is 0 Å². The normalized spacial score (nSPS) is 11.2.